The lowest BCUT2D eigenvalue weighted by Crippen LogP contribution is -2.55. The standard InChI is InChI=1S/C29H30FN3O/c30-23-15-13-21(14-16-23)28-31-25(27-11-4-5-19-33(27)28)20-32-18-7-10-24-26(32)12-6-17-29(24,34)22-8-2-1-3-9-22/h1-5,8-9,11,13-16,19,24,26,34H,6-7,10,12,17-18,20H2/t24-,26-,29-/m1/s1. The molecule has 5 heteroatoms. The van der Waals surface area contributed by atoms with E-state index in [9.17, 15) is 9.50 Å². The first kappa shape index (κ1) is 21.5. The number of nitrogens with zero attached hydrogens (tertiary/aromatic N) is 3. The highest BCUT2D eigenvalue weighted by molar-refractivity contribution is 5.65. The molecule has 3 heterocycles. The van der Waals surface area contributed by atoms with Crippen molar-refractivity contribution in [3.8, 4) is 11.4 Å². The second-order valence-corrected chi connectivity index (χ2v) is 9.81. The molecule has 1 aliphatic carbocycles. The zero-order chi connectivity index (χ0) is 23.1. The molecule has 1 aliphatic heterocycles. The lowest BCUT2D eigenvalue weighted by atomic mass is 9.65. The third-order valence-electron chi connectivity index (χ3n) is 7.92. The van der Waals surface area contributed by atoms with Crippen molar-refractivity contribution in [3.05, 3.63) is 96.1 Å². The van der Waals surface area contributed by atoms with Gasteiger partial charge in [-0.1, -0.05) is 36.4 Å². The molecule has 3 atom stereocenters. The maximum Gasteiger partial charge on any atom is 0.144 e. The van der Waals surface area contributed by atoms with Crippen molar-refractivity contribution >= 4 is 5.52 Å². The summed E-state index contributed by atoms with van der Waals surface area (Å²) < 4.78 is 15.6. The van der Waals surface area contributed by atoms with E-state index in [0.717, 1.165) is 73.4 Å². The largest absolute Gasteiger partial charge is 0.385 e. The molecule has 0 spiro atoms. The van der Waals surface area contributed by atoms with Crippen LogP contribution in [0.25, 0.3) is 16.9 Å². The number of aliphatic hydroxyl groups is 1. The van der Waals surface area contributed by atoms with Crippen LogP contribution in [0.1, 0.15) is 43.4 Å². The third-order valence-corrected chi connectivity index (χ3v) is 7.92. The number of imidazole rings is 1. The van der Waals surface area contributed by atoms with Gasteiger partial charge in [-0.3, -0.25) is 9.30 Å². The van der Waals surface area contributed by atoms with Crippen molar-refractivity contribution in [1.29, 1.82) is 0 Å². The van der Waals surface area contributed by atoms with E-state index in [4.69, 9.17) is 4.98 Å². The minimum Gasteiger partial charge on any atom is -0.385 e. The fourth-order valence-electron chi connectivity index (χ4n) is 6.33. The van der Waals surface area contributed by atoms with Gasteiger partial charge in [-0.25, -0.2) is 9.37 Å². The number of benzene rings is 2. The Hall–Kier alpha value is -3.02. The summed E-state index contributed by atoms with van der Waals surface area (Å²) in [5, 5.41) is 11.9. The molecule has 2 aromatic carbocycles. The number of likely N-dealkylation sites (tertiary alicyclic amines) is 1. The summed E-state index contributed by atoms with van der Waals surface area (Å²) in [6.45, 7) is 1.77. The summed E-state index contributed by atoms with van der Waals surface area (Å²) in [4.78, 5) is 7.60. The highest BCUT2D eigenvalue weighted by Crippen LogP contribution is 2.47. The minimum atomic E-state index is -0.765. The van der Waals surface area contributed by atoms with E-state index in [1.165, 1.54) is 12.1 Å². The zero-order valence-corrected chi connectivity index (χ0v) is 19.3. The number of aromatic nitrogens is 2. The quantitative estimate of drug-likeness (QED) is 0.423. The number of hydrogen-bond donors (Lipinski definition) is 1. The van der Waals surface area contributed by atoms with Crippen molar-refractivity contribution in [2.45, 2.75) is 50.3 Å². The van der Waals surface area contributed by atoms with E-state index in [1.54, 1.807) is 12.1 Å². The summed E-state index contributed by atoms with van der Waals surface area (Å²) in [7, 11) is 0. The summed E-state index contributed by atoms with van der Waals surface area (Å²) in [6.07, 6.45) is 7.11. The summed E-state index contributed by atoms with van der Waals surface area (Å²) in [5.74, 6) is 0.818. The molecule has 1 saturated carbocycles. The Labute approximate surface area is 199 Å². The Morgan fingerprint density at radius 2 is 1.74 bits per heavy atom. The van der Waals surface area contributed by atoms with E-state index in [2.05, 4.69) is 27.5 Å². The average Bonchev–Trinajstić information content (AvgIpc) is 3.24. The van der Waals surface area contributed by atoms with Gasteiger partial charge in [0.1, 0.15) is 11.6 Å². The number of fused-ring (bicyclic) bond motifs is 2. The first-order valence-electron chi connectivity index (χ1n) is 12.4. The average molecular weight is 456 g/mol. The van der Waals surface area contributed by atoms with Gasteiger partial charge in [0.25, 0.3) is 0 Å². The van der Waals surface area contributed by atoms with Gasteiger partial charge in [0.05, 0.1) is 16.8 Å². The first-order valence-corrected chi connectivity index (χ1v) is 12.4. The van der Waals surface area contributed by atoms with Gasteiger partial charge in [-0.2, -0.15) is 0 Å². The molecule has 4 aromatic rings. The van der Waals surface area contributed by atoms with Crippen molar-refractivity contribution in [3.63, 3.8) is 0 Å². The van der Waals surface area contributed by atoms with E-state index in [0.29, 0.717) is 6.04 Å². The van der Waals surface area contributed by atoms with Crippen LogP contribution < -0.4 is 0 Å². The molecule has 34 heavy (non-hydrogen) atoms. The second kappa shape index (κ2) is 8.64. The molecule has 0 unspecified atom stereocenters. The van der Waals surface area contributed by atoms with E-state index in [-0.39, 0.29) is 11.7 Å². The van der Waals surface area contributed by atoms with Crippen LogP contribution in [0.3, 0.4) is 0 Å². The molecular weight excluding hydrogens is 425 g/mol. The normalized spacial score (nSPS) is 25.4. The van der Waals surface area contributed by atoms with Gasteiger partial charge in [0.2, 0.25) is 0 Å². The maximum absolute atomic E-state index is 13.5. The SMILES string of the molecule is O[C@@]1(c2ccccc2)CCC[C@@H]2[C@H]1CCCN2Cc1nc(-c2ccc(F)cc2)n2ccccc12. The zero-order valence-electron chi connectivity index (χ0n) is 19.3. The van der Waals surface area contributed by atoms with Crippen molar-refractivity contribution in [2.75, 3.05) is 6.54 Å². The second-order valence-electron chi connectivity index (χ2n) is 9.81. The van der Waals surface area contributed by atoms with Gasteiger partial charge in [-0.05, 0) is 80.6 Å². The monoisotopic (exact) mass is 455 g/mol. The Balaban J connectivity index is 1.34. The maximum atomic E-state index is 13.5. The van der Waals surface area contributed by atoms with E-state index < -0.39 is 5.60 Å². The van der Waals surface area contributed by atoms with E-state index in [1.807, 2.05) is 36.5 Å². The highest BCUT2D eigenvalue weighted by Gasteiger charge is 2.48. The number of pyridine rings is 1. The van der Waals surface area contributed by atoms with Crippen LogP contribution >= 0.6 is 0 Å². The fourth-order valence-corrected chi connectivity index (χ4v) is 6.33. The molecule has 0 radical (unpaired) electrons. The topological polar surface area (TPSA) is 40.8 Å². The van der Waals surface area contributed by atoms with Crippen LogP contribution in [0, 0.1) is 11.7 Å². The number of piperidine rings is 1. The van der Waals surface area contributed by atoms with Gasteiger partial charge in [0.15, 0.2) is 0 Å². The minimum absolute atomic E-state index is 0.225. The summed E-state index contributed by atoms with van der Waals surface area (Å²) in [5.41, 5.74) is 3.31. The van der Waals surface area contributed by atoms with Gasteiger partial charge >= 0.3 is 0 Å². The molecule has 174 valence electrons. The van der Waals surface area contributed by atoms with Gasteiger partial charge in [-0.15, -0.1) is 0 Å². The Morgan fingerprint density at radius 1 is 0.941 bits per heavy atom. The molecule has 2 aliphatic rings. The number of rotatable bonds is 4. The molecule has 1 N–H and O–H groups in total. The number of hydrogen-bond acceptors (Lipinski definition) is 3. The predicted molar refractivity (Wildman–Crippen MR) is 132 cm³/mol. The molecule has 0 amide bonds. The lowest BCUT2D eigenvalue weighted by molar-refractivity contribution is -0.113. The Kier molecular flexibility index (Phi) is 5.47. The molecule has 2 fully saturated rings. The van der Waals surface area contributed by atoms with Crippen LogP contribution in [-0.2, 0) is 12.1 Å². The molecule has 0 bridgehead atoms. The molecular formula is C29H30FN3O. The number of halogens is 1. The molecule has 4 nitrogen and oxygen atoms in total. The lowest BCUT2D eigenvalue weighted by Gasteiger charge is -2.52. The predicted octanol–water partition coefficient (Wildman–Crippen LogP) is 5.79. The summed E-state index contributed by atoms with van der Waals surface area (Å²) >= 11 is 0. The van der Waals surface area contributed by atoms with Gasteiger partial charge in [0, 0.05) is 30.3 Å². The molecule has 6 rings (SSSR count). The van der Waals surface area contributed by atoms with Crippen molar-refractivity contribution in [1.82, 2.24) is 14.3 Å². The first-order chi connectivity index (χ1) is 16.6. The smallest absolute Gasteiger partial charge is 0.144 e. The fraction of sp³-hybridized carbons (Fsp3) is 0.345. The molecule has 2 aromatic heterocycles. The molecule has 1 saturated heterocycles. The van der Waals surface area contributed by atoms with Crippen LogP contribution in [0.5, 0.6) is 0 Å². The third kappa shape index (κ3) is 3.64. The summed E-state index contributed by atoms with van der Waals surface area (Å²) in [6, 6.07) is 23.3. The van der Waals surface area contributed by atoms with E-state index >= 15 is 0 Å². The van der Waals surface area contributed by atoms with Crippen molar-refractivity contribution in [2.24, 2.45) is 5.92 Å². The van der Waals surface area contributed by atoms with Crippen molar-refractivity contribution < 1.29 is 9.50 Å². The van der Waals surface area contributed by atoms with Crippen LogP contribution in [0.2, 0.25) is 0 Å². The van der Waals surface area contributed by atoms with Gasteiger partial charge < -0.3 is 5.11 Å². The van der Waals surface area contributed by atoms with Crippen LogP contribution in [0.15, 0.2) is 79.0 Å². The van der Waals surface area contributed by atoms with Crippen LogP contribution in [0.4, 0.5) is 4.39 Å². The Bertz CT molecular complexity index is 1290. The Morgan fingerprint density at radius 3 is 2.56 bits per heavy atom. The highest BCUT2D eigenvalue weighted by atomic mass is 19.1. The van der Waals surface area contributed by atoms with Crippen LogP contribution in [-0.4, -0.2) is 32.0 Å².